The van der Waals surface area contributed by atoms with Gasteiger partial charge in [0.05, 0.1) is 0 Å². The van der Waals surface area contributed by atoms with Gasteiger partial charge in [0.1, 0.15) is 23.1 Å². The van der Waals surface area contributed by atoms with E-state index in [0.29, 0.717) is 11.5 Å². The third kappa shape index (κ3) is 2.37. The van der Waals surface area contributed by atoms with Crippen LogP contribution in [0.5, 0.6) is 11.5 Å². The fourth-order valence-electron chi connectivity index (χ4n) is 1.28. The number of halogens is 2. The maximum absolute atomic E-state index is 12.9. The van der Waals surface area contributed by atoms with Crippen molar-refractivity contribution < 1.29 is 13.5 Å². The van der Waals surface area contributed by atoms with Crippen LogP contribution in [0.25, 0.3) is 0 Å². The minimum absolute atomic E-state index is 0.244. The first-order chi connectivity index (χ1) is 7.65. The van der Waals surface area contributed by atoms with Crippen LogP contribution >= 0.6 is 0 Å². The lowest BCUT2D eigenvalue weighted by molar-refractivity contribution is 0.474. The van der Waals surface area contributed by atoms with Gasteiger partial charge in [-0.1, -0.05) is 6.07 Å². The van der Waals surface area contributed by atoms with Crippen molar-refractivity contribution in [2.45, 2.75) is 0 Å². The van der Waals surface area contributed by atoms with Gasteiger partial charge in [0, 0.05) is 6.07 Å². The zero-order chi connectivity index (χ0) is 11.5. The lowest BCUT2D eigenvalue weighted by atomic mass is 10.2. The molecule has 0 N–H and O–H groups in total. The van der Waals surface area contributed by atoms with Crippen LogP contribution in [0.15, 0.2) is 42.5 Å². The molecule has 0 saturated carbocycles. The molecule has 0 fully saturated rings. The normalized spacial score (nSPS) is 10.2. The monoisotopic (exact) mass is 219 g/mol. The second-order valence-electron chi connectivity index (χ2n) is 3.31. The summed E-state index contributed by atoms with van der Waals surface area (Å²) >= 11 is 0. The van der Waals surface area contributed by atoms with Crippen molar-refractivity contribution in [1.82, 2.24) is 0 Å². The fourth-order valence-corrected chi connectivity index (χ4v) is 1.28. The van der Waals surface area contributed by atoms with Gasteiger partial charge in [-0.05, 0) is 42.8 Å². The third-order valence-electron chi connectivity index (χ3n) is 2.05. The maximum atomic E-state index is 12.9. The lowest BCUT2D eigenvalue weighted by Gasteiger charge is -2.06. The minimum Gasteiger partial charge on any atom is -0.457 e. The number of hydrogen-bond donors (Lipinski definition) is 0. The Hall–Kier alpha value is -1.90. The van der Waals surface area contributed by atoms with E-state index >= 15 is 0 Å². The van der Waals surface area contributed by atoms with Crippen molar-refractivity contribution in [3.8, 4) is 11.5 Å². The predicted octanol–water partition coefficient (Wildman–Crippen LogP) is 3.94. The Morgan fingerprint density at radius 2 is 1.69 bits per heavy atom. The minimum atomic E-state index is -0.397. The van der Waals surface area contributed by atoms with Crippen LogP contribution in [0, 0.1) is 18.6 Å². The van der Waals surface area contributed by atoms with E-state index in [0.717, 1.165) is 0 Å². The quantitative estimate of drug-likeness (QED) is 0.743. The molecule has 0 aromatic heterocycles. The molecule has 0 aliphatic heterocycles. The molecule has 81 valence electrons. The summed E-state index contributed by atoms with van der Waals surface area (Å²) in [5.41, 5.74) is 0.244. The topological polar surface area (TPSA) is 9.23 Å². The van der Waals surface area contributed by atoms with Gasteiger partial charge < -0.3 is 4.74 Å². The van der Waals surface area contributed by atoms with Crippen LogP contribution in [0.3, 0.4) is 0 Å². The van der Waals surface area contributed by atoms with E-state index in [2.05, 4.69) is 6.92 Å². The number of rotatable bonds is 2. The summed E-state index contributed by atoms with van der Waals surface area (Å²) in [6.45, 7) is 3.51. The predicted molar refractivity (Wildman–Crippen MR) is 57.3 cm³/mol. The summed E-state index contributed by atoms with van der Waals surface area (Å²) in [6.07, 6.45) is 0. The molecule has 16 heavy (non-hydrogen) atoms. The average molecular weight is 219 g/mol. The number of hydrogen-bond acceptors (Lipinski definition) is 1. The largest absolute Gasteiger partial charge is 0.457 e. The van der Waals surface area contributed by atoms with Crippen molar-refractivity contribution in [2.24, 2.45) is 0 Å². The molecule has 0 atom stereocenters. The Morgan fingerprint density at radius 1 is 0.938 bits per heavy atom. The molecule has 2 rings (SSSR count). The molecular formula is C13H9F2O. The van der Waals surface area contributed by atoms with Crippen LogP contribution < -0.4 is 4.74 Å². The Morgan fingerprint density at radius 3 is 2.38 bits per heavy atom. The molecule has 1 radical (unpaired) electrons. The number of benzene rings is 2. The van der Waals surface area contributed by atoms with Gasteiger partial charge in [0.2, 0.25) is 0 Å². The first kappa shape index (κ1) is 10.6. The second kappa shape index (κ2) is 4.31. The van der Waals surface area contributed by atoms with Gasteiger partial charge in [-0.25, -0.2) is 8.78 Å². The van der Waals surface area contributed by atoms with Crippen LogP contribution in [-0.4, -0.2) is 0 Å². The second-order valence-corrected chi connectivity index (χ2v) is 3.31. The summed E-state index contributed by atoms with van der Waals surface area (Å²) < 4.78 is 31.1. The summed E-state index contributed by atoms with van der Waals surface area (Å²) in [7, 11) is 0. The smallest absolute Gasteiger partial charge is 0.130 e. The Bertz CT molecular complexity index is 509. The number of ether oxygens (including phenoxy) is 1. The summed E-state index contributed by atoms with van der Waals surface area (Å²) in [5.74, 6) is 0.0176. The average Bonchev–Trinajstić information content (AvgIpc) is 2.24. The third-order valence-corrected chi connectivity index (χ3v) is 2.05. The molecule has 1 nitrogen and oxygen atoms in total. The van der Waals surface area contributed by atoms with Gasteiger partial charge in [-0.15, -0.1) is 0 Å². The molecular weight excluding hydrogens is 210 g/mol. The molecule has 3 heteroatoms. The summed E-state index contributed by atoms with van der Waals surface area (Å²) in [4.78, 5) is 0. The van der Waals surface area contributed by atoms with Crippen LogP contribution in [0.4, 0.5) is 8.78 Å². The molecule has 0 aliphatic rings. The molecule has 2 aromatic carbocycles. The Balaban J connectivity index is 2.24. The van der Waals surface area contributed by atoms with Gasteiger partial charge in [0.15, 0.2) is 0 Å². The molecule has 0 heterocycles. The van der Waals surface area contributed by atoms with Crippen LogP contribution in [0.2, 0.25) is 0 Å². The van der Waals surface area contributed by atoms with Crippen molar-refractivity contribution >= 4 is 0 Å². The van der Waals surface area contributed by atoms with E-state index in [1.165, 1.54) is 30.3 Å². The molecule has 0 spiro atoms. The van der Waals surface area contributed by atoms with Crippen molar-refractivity contribution in [1.29, 1.82) is 0 Å². The maximum Gasteiger partial charge on any atom is 0.130 e. The van der Waals surface area contributed by atoms with Gasteiger partial charge in [-0.3, -0.25) is 0 Å². The first-order valence-corrected chi connectivity index (χ1v) is 4.70. The molecule has 0 unspecified atom stereocenters. The zero-order valence-corrected chi connectivity index (χ0v) is 8.41. The summed E-state index contributed by atoms with van der Waals surface area (Å²) in [5, 5.41) is 0. The lowest BCUT2D eigenvalue weighted by Crippen LogP contribution is -1.87. The van der Waals surface area contributed by atoms with Crippen molar-refractivity contribution in [3.05, 3.63) is 66.6 Å². The highest BCUT2D eigenvalue weighted by Gasteiger charge is 2.02. The molecule has 0 bridgehead atoms. The highest BCUT2D eigenvalue weighted by atomic mass is 19.1. The fraction of sp³-hybridized carbons (Fsp3) is 0. The van der Waals surface area contributed by atoms with E-state index < -0.39 is 5.82 Å². The molecule has 0 amide bonds. The van der Waals surface area contributed by atoms with Gasteiger partial charge in [-0.2, -0.15) is 0 Å². The van der Waals surface area contributed by atoms with E-state index in [4.69, 9.17) is 4.74 Å². The highest BCUT2D eigenvalue weighted by molar-refractivity contribution is 5.35. The highest BCUT2D eigenvalue weighted by Crippen LogP contribution is 2.23. The summed E-state index contributed by atoms with van der Waals surface area (Å²) in [6, 6.07) is 9.93. The van der Waals surface area contributed by atoms with E-state index in [-0.39, 0.29) is 11.4 Å². The van der Waals surface area contributed by atoms with Gasteiger partial charge >= 0.3 is 0 Å². The van der Waals surface area contributed by atoms with E-state index in [9.17, 15) is 8.78 Å². The van der Waals surface area contributed by atoms with E-state index in [1.54, 1.807) is 12.1 Å². The zero-order valence-electron chi connectivity index (χ0n) is 8.41. The molecule has 0 saturated heterocycles. The van der Waals surface area contributed by atoms with E-state index in [1.807, 2.05) is 0 Å². The Labute approximate surface area is 92.3 Å². The van der Waals surface area contributed by atoms with Crippen molar-refractivity contribution in [2.75, 3.05) is 0 Å². The van der Waals surface area contributed by atoms with Crippen LogP contribution in [0.1, 0.15) is 5.56 Å². The van der Waals surface area contributed by atoms with Gasteiger partial charge in [0.25, 0.3) is 0 Å². The van der Waals surface area contributed by atoms with Crippen molar-refractivity contribution in [3.63, 3.8) is 0 Å². The molecule has 0 aliphatic carbocycles. The standard InChI is InChI=1S/C13H9F2O/c1-9-7-12(5-6-13(9)15)16-11-4-2-3-10(14)8-11/h2-8H,1H2. The SMILES string of the molecule is [CH2]c1cc(Oc2cccc(F)c2)ccc1F. The Kier molecular flexibility index (Phi) is 2.86. The molecule has 2 aromatic rings. The first-order valence-electron chi connectivity index (χ1n) is 4.70. The van der Waals surface area contributed by atoms with Crippen LogP contribution in [-0.2, 0) is 0 Å².